The molecule has 5 heteroatoms. The molecule has 0 radical (unpaired) electrons. The summed E-state index contributed by atoms with van der Waals surface area (Å²) in [5.41, 5.74) is 4.88. The van der Waals surface area contributed by atoms with Gasteiger partial charge in [-0.15, -0.1) is 0 Å². The number of nitrogens with one attached hydrogen (secondary N) is 2. The Labute approximate surface area is 203 Å². The monoisotopic (exact) mass is 462 g/mol. The molecule has 1 saturated heterocycles. The maximum absolute atomic E-state index is 12.8. The predicted octanol–water partition coefficient (Wildman–Crippen LogP) is 4.95. The number of amides is 1. The molecule has 2 N–H and O–H groups in total. The van der Waals surface area contributed by atoms with Crippen molar-refractivity contribution in [2.45, 2.75) is 88.9 Å². The highest BCUT2D eigenvalue weighted by molar-refractivity contribution is 5.94. The number of carbonyl (C=O) groups is 1. The molecule has 1 aliphatic heterocycles. The van der Waals surface area contributed by atoms with E-state index >= 15 is 0 Å². The molecule has 0 unspecified atom stereocenters. The zero-order valence-corrected chi connectivity index (χ0v) is 20.2. The first-order valence-corrected chi connectivity index (χ1v) is 13.2. The maximum atomic E-state index is 12.8. The number of fused-ring (bicyclic) bond motifs is 1. The van der Waals surface area contributed by atoms with E-state index < -0.39 is 0 Å². The molecule has 34 heavy (non-hydrogen) atoms. The first-order valence-electron chi connectivity index (χ1n) is 13.2. The highest BCUT2D eigenvalue weighted by atomic mass is 16.5. The van der Waals surface area contributed by atoms with Gasteiger partial charge in [-0.25, -0.2) is 0 Å². The Kier molecular flexibility index (Phi) is 7.82. The van der Waals surface area contributed by atoms with Crippen LogP contribution in [-0.2, 0) is 24.1 Å². The average molecular weight is 463 g/mol. The van der Waals surface area contributed by atoms with Crippen molar-refractivity contribution in [1.82, 2.24) is 10.6 Å². The molecule has 2 fully saturated rings. The average Bonchev–Trinajstić information content (AvgIpc) is 3.41. The summed E-state index contributed by atoms with van der Waals surface area (Å²) in [6, 6.07) is 15.2. The number of benzene rings is 2. The number of ether oxygens (including phenoxy) is 2. The van der Waals surface area contributed by atoms with Crippen molar-refractivity contribution in [3.8, 4) is 5.75 Å². The fourth-order valence-corrected chi connectivity index (χ4v) is 5.55. The number of hydrogen-bond donors (Lipinski definition) is 2. The zero-order valence-electron chi connectivity index (χ0n) is 20.2. The summed E-state index contributed by atoms with van der Waals surface area (Å²) in [4.78, 5) is 12.8. The van der Waals surface area contributed by atoms with Crippen LogP contribution in [0.2, 0.25) is 0 Å². The number of aryl methyl sites for hydroxylation is 1. The molecule has 0 aromatic heterocycles. The van der Waals surface area contributed by atoms with Crippen LogP contribution in [0, 0.1) is 0 Å². The van der Waals surface area contributed by atoms with Crippen molar-refractivity contribution in [2.75, 3.05) is 13.2 Å². The summed E-state index contributed by atoms with van der Waals surface area (Å²) in [7, 11) is 0. The smallest absolute Gasteiger partial charge is 0.251 e. The molecule has 5 rings (SSSR count). The molecule has 182 valence electrons. The van der Waals surface area contributed by atoms with Gasteiger partial charge in [0.2, 0.25) is 0 Å². The molecule has 0 spiro atoms. The molecule has 1 heterocycles. The molecule has 1 saturated carbocycles. The lowest BCUT2D eigenvalue weighted by atomic mass is 9.87. The second-order valence-electron chi connectivity index (χ2n) is 10.2. The molecule has 2 atom stereocenters. The highest BCUT2D eigenvalue weighted by Crippen LogP contribution is 2.24. The topological polar surface area (TPSA) is 59.6 Å². The van der Waals surface area contributed by atoms with E-state index in [9.17, 15) is 4.79 Å². The molecular weight excluding hydrogens is 424 g/mol. The van der Waals surface area contributed by atoms with E-state index in [1.165, 1.54) is 48.8 Å². The molecule has 5 nitrogen and oxygen atoms in total. The van der Waals surface area contributed by atoms with Gasteiger partial charge in [0, 0.05) is 30.8 Å². The van der Waals surface area contributed by atoms with Crippen LogP contribution in [0.4, 0.5) is 0 Å². The van der Waals surface area contributed by atoms with Gasteiger partial charge in [-0.1, -0.05) is 37.5 Å². The third-order valence-electron chi connectivity index (χ3n) is 7.61. The lowest BCUT2D eigenvalue weighted by Crippen LogP contribution is -2.38. The van der Waals surface area contributed by atoms with Gasteiger partial charge in [-0.2, -0.15) is 0 Å². The van der Waals surface area contributed by atoms with Crippen LogP contribution in [0.1, 0.15) is 78.4 Å². The molecule has 2 aromatic carbocycles. The summed E-state index contributed by atoms with van der Waals surface area (Å²) < 4.78 is 11.4. The van der Waals surface area contributed by atoms with Gasteiger partial charge in [0.1, 0.15) is 12.4 Å². The summed E-state index contributed by atoms with van der Waals surface area (Å²) >= 11 is 0. The van der Waals surface area contributed by atoms with Gasteiger partial charge in [-0.05, 0) is 85.9 Å². The second kappa shape index (κ2) is 11.4. The number of rotatable bonds is 8. The lowest BCUT2D eigenvalue weighted by molar-refractivity contribution is 0.0679. The fourth-order valence-electron chi connectivity index (χ4n) is 5.55. The number of carbonyl (C=O) groups excluding carboxylic acids is 1. The normalized spacial score (nSPS) is 22.8. The van der Waals surface area contributed by atoms with E-state index in [0.717, 1.165) is 51.0 Å². The Morgan fingerprint density at radius 3 is 2.56 bits per heavy atom. The van der Waals surface area contributed by atoms with Crippen LogP contribution in [0.25, 0.3) is 0 Å². The Morgan fingerprint density at radius 1 is 0.912 bits per heavy atom. The quantitative estimate of drug-likeness (QED) is 0.583. The number of hydrogen-bond acceptors (Lipinski definition) is 4. The Hall–Kier alpha value is -2.37. The van der Waals surface area contributed by atoms with Gasteiger partial charge in [0.15, 0.2) is 0 Å². The minimum Gasteiger partial charge on any atom is -0.491 e. The summed E-state index contributed by atoms with van der Waals surface area (Å²) in [6.45, 7) is 2.37. The van der Waals surface area contributed by atoms with Gasteiger partial charge in [0.05, 0.1) is 6.10 Å². The van der Waals surface area contributed by atoms with Gasteiger partial charge in [-0.3, -0.25) is 4.79 Å². The molecule has 3 aliphatic rings. The Balaban J connectivity index is 1.09. The van der Waals surface area contributed by atoms with Crippen LogP contribution < -0.4 is 15.4 Å². The van der Waals surface area contributed by atoms with Crippen molar-refractivity contribution >= 4 is 5.91 Å². The zero-order chi connectivity index (χ0) is 23.2. The Bertz CT molecular complexity index is 946. The molecular formula is C29H38N2O3. The third kappa shape index (κ3) is 6.19. The third-order valence-corrected chi connectivity index (χ3v) is 7.61. The van der Waals surface area contributed by atoms with E-state index in [1.54, 1.807) is 0 Å². The SMILES string of the molecule is O=C(N[C@H]1CCc2cc(CNC3CCCCC3)ccc2C1)c1ccc(OC[C@@H]2CCCO2)cc1. The van der Waals surface area contributed by atoms with Crippen molar-refractivity contribution in [2.24, 2.45) is 0 Å². The lowest BCUT2D eigenvalue weighted by Gasteiger charge is -2.27. The minimum absolute atomic E-state index is 0.00701. The van der Waals surface area contributed by atoms with E-state index in [-0.39, 0.29) is 18.1 Å². The second-order valence-corrected chi connectivity index (χ2v) is 10.2. The van der Waals surface area contributed by atoms with Crippen LogP contribution in [-0.4, -0.2) is 37.3 Å². The largest absolute Gasteiger partial charge is 0.491 e. The van der Waals surface area contributed by atoms with Gasteiger partial charge < -0.3 is 20.1 Å². The van der Waals surface area contributed by atoms with E-state index in [0.29, 0.717) is 18.2 Å². The summed E-state index contributed by atoms with van der Waals surface area (Å²) in [6.07, 6.45) is 12.0. The molecule has 2 aliphatic carbocycles. The first kappa shape index (κ1) is 23.4. The van der Waals surface area contributed by atoms with Crippen LogP contribution in [0.5, 0.6) is 5.75 Å². The first-order chi connectivity index (χ1) is 16.7. The van der Waals surface area contributed by atoms with E-state index in [1.807, 2.05) is 24.3 Å². The van der Waals surface area contributed by atoms with Crippen LogP contribution >= 0.6 is 0 Å². The van der Waals surface area contributed by atoms with Crippen molar-refractivity contribution in [3.05, 3.63) is 64.7 Å². The summed E-state index contributed by atoms with van der Waals surface area (Å²) in [5, 5.41) is 6.99. The van der Waals surface area contributed by atoms with Crippen LogP contribution in [0.15, 0.2) is 42.5 Å². The van der Waals surface area contributed by atoms with Crippen molar-refractivity contribution in [1.29, 1.82) is 0 Å². The maximum Gasteiger partial charge on any atom is 0.251 e. The summed E-state index contributed by atoms with van der Waals surface area (Å²) in [5.74, 6) is 0.778. The highest BCUT2D eigenvalue weighted by Gasteiger charge is 2.22. The van der Waals surface area contributed by atoms with Crippen molar-refractivity contribution < 1.29 is 14.3 Å². The van der Waals surface area contributed by atoms with Gasteiger partial charge in [0.25, 0.3) is 5.91 Å². The standard InChI is InChI=1S/C29H38N2O3/c32-29(22-11-14-27(15-12-22)34-20-28-7-4-16-33-28)31-26-13-10-23-17-21(8-9-24(23)18-26)19-30-25-5-2-1-3-6-25/h8-9,11-12,14-15,17,25-26,28,30H,1-7,10,13,16,18-20H2,(H,31,32)/t26-,28-/m0/s1. The van der Waals surface area contributed by atoms with Crippen molar-refractivity contribution in [3.63, 3.8) is 0 Å². The molecule has 2 aromatic rings. The predicted molar refractivity (Wildman–Crippen MR) is 134 cm³/mol. The molecule has 1 amide bonds. The Morgan fingerprint density at radius 2 is 1.76 bits per heavy atom. The molecule has 0 bridgehead atoms. The minimum atomic E-state index is -0.00701. The fraction of sp³-hybridized carbons (Fsp3) is 0.552. The van der Waals surface area contributed by atoms with E-state index in [4.69, 9.17) is 9.47 Å². The van der Waals surface area contributed by atoms with Gasteiger partial charge >= 0.3 is 0 Å². The van der Waals surface area contributed by atoms with E-state index in [2.05, 4.69) is 28.8 Å². The van der Waals surface area contributed by atoms with Crippen LogP contribution in [0.3, 0.4) is 0 Å².